The van der Waals surface area contributed by atoms with Gasteiger partial charge in [0.1, 0.15) is 0 Å². The number of hydrogen-bond donors (Lipinski definition) is 0. The van der Waals surface area contributed by atoms with Crippen molar-refractivity contribution in [2.45, 2.75) is 43.6 Å². The average Bonchev–Trinajstić information content (AvgIpc) is 2.46. The van der Waals surface area contributed by atoms with Gasteiger partial charge in [-0.1, -0.05) is 24.1 Å². The lowest BCUT2D eigenvalue weighted by atomic mass is 9.88. The second-order valence-electron chi connectivity index (χ2n) is 5.44. The summed E-state index contributed by atoms with van der Waals surface area (Å²) in [5.41, 5.74) is 1.03. The van der Waals surface area contributed by atoms with Crippen LogP contribution in [0.5, 0.6) is 0 Å². The SMILES string of the molecule is CO[C@H]1CCCC(COS(=O)(=O)c2ccc(C)cc2)C1. The first-order valence-electron chi connectivity index (χ1n) is 7.00. The van der Waals surface area contributed by atoms with Gasteiger partial charge in [0.05, 0.1) is 17.6 Å². The summed E-state index contributed by atoms with van der Waals surface area (Å²) in [6.45, 7) is 2.17. The van der Waals surface area contributed by atoms with Crippen molar-refractivity contribution in [2.75, 3.05) is 13.7 Å². The number of aryl methyl sites for hydroxylation is 1. The summed E-state index contributed by atoms with van der Waals surface area (Å²) in [5, 5.41) is 0. The first kappa shape index (κ1) is 15.5. The van der Waals surface area contributed by atoms with Gasteiger partial charge in [-0.25, -0.2) is 0 Å². The van der Waals surface area contributed by atoms with Crippen molar-refractivity contribution in [3.8, 4) is 0 Å². The summed E-state index contributed by atoms with van der Waals surface area (Å²) in [4.78, 5) is 0.224. The van der Waals surface area contributed by atoms with Crippen LogP contribution in [-0.4, -0.2) is 28.2 Å². The fourth-order valence-corrected chi connectivity index (χ4v) is 3.54. The Morgan fingerprint density at radius 1 is 1.20 bits per heavy atom. The largest absolute Gasteiger partial charge is 0.381 e. The predicted octanol–water partition coefficient (Wildman–Crippen LogP) is 2.91. The molecule has 2 rings (SSSR count). The lowest BCUT2D eigenvalue weighted by molar-refractivity contribution is 0.0400. The maximum atomic E-state index is 12.1. The van der Waals surface area contributed by atoms with E-state index in [1.807, 2.05) is 6.92 Å². The van der Waals surface area contributed by atoms with Crippen molar-refractivity contribution >= 4 is 10.1 Å². The smallest absolute Gasteiger partial charge is 0.296 e. The number of hydrogen-bond acceptors (Lipinski definition) is 4. The van der Waals surface area contributed by atoms with Gasteiger partial charge in [0, 0.05) is 7.11 Å². The molecule has 1 aliphatic rings. The molecule has 1 saturated carbocycles. The number of rotatable bonds is 5. The monoisotopic (exact) mass is 298 g/mol. The van der Waals surface area contributed by atoms with E-state index in [4.69, 9.17) is 8.92 Å². The Morgan fingerprint density at radius 2 is 1.90 bits per heavy atom. The van der Waals surface area contributed by atoms with Crippen molar-refractivity contribution < 1.29 is 17.3 Å². The van der Waals surface area contributed by atoms with Crippen LogP contribution < -0.4 is 0 Å². The second kappa shape index (κ2) is 6.70. The first-order valence-corrected chi connectivity index (χ1v) is 8.41. The van der Waals surface area contributed by atoms with E-state index in [0.717, 1.165) is 31.2 Å². The lowest BCUT2D eigenvalue weighted by Gasteiger charge is -2.27. The summed E-state index contributed by atoms with van der Waals surface area (Å²) < 4.78 is 34.7. The molecule has 1 aromatic rings. The third-order valence-electron chi connectivity index (χ3n) is 3.84. The minimum Gasteiger partial charge on any atom is -0.381 e. The van der Waals surface area contributed by atoms with Gasteiger partial charge >= 0.3 is 0 Å². The zero-order valence-electron chi connectivity index (χ0n) is 12.0. The summed E-state index contributed by atoms with van der Waals surface area (Å²) in [7, 11) is -1.94. The van der Waals surface area contributed by atoms with E-state index in [1.165, 1.54) is 0 Å². The molecule has 0 radical (unpaired) electrons. The van der Waals surface area contributed by atoms with Crippen molar-refractivity contribution in [3.05, 3.63) is 29.8 Å². The van der Waals surface area contributed by atoms with E-state index in [-0.39, 0.29) is 23.5 Å². The minimum absolute atomic E-state index is 0.224. The molecule has 0 bridgehead atoms. The van der Waals surface area contributed by atoms with Gasteiger partial charge in [0.15, 0.2) is 0 Å². The summed E-state index contributed by atoms with van der Waals surface area (Å²) in [5.74, 6) is 0.258. The maximum Gasteiger partial charge on any atom is 0.296 e. The van der Waals surface area contributed by atoms with Crippen LogP contribution in [0.1, 0.15) is 31.2 Å². The second-order valence-corrected chi connectivity index (χ2v) is 7.06. The van der Waals surface area contributed by atoms with Crippen molar-refractivity contribution in [2.24, 2.45) is 5.92 Å². The molecule has 0 spiro atoms. The van der Waals surface area contributed by atoms with Crippen LogP contribution in [0.25, 0.3) is 0 Å². The molecule has 112 valence electrons. The molecule has 1 aromatic carbocycles. The molecule has 1 aliphatic carbocycles. The third-order valence-corrected chi connectivity index (χ3v) is 5.13. The van der Waals surface area contributed by atoms with E-state index in [1.54, 1.807) is 31.4 Å². The van der Waals surface area contributed by atoms with E-state index in [0.29, 0.717) is 0 Å². The third kappa shape index (κ3) is 4.04. The fourth-order valence-electron chi connectivity index (χ4n) is 2.57. The van der Waals surface area contributed by atoms with Crippen LogP contribution >= 0.6 is 0 Å². The minimum atomic E-state index is -3.64. The highest BCUT2D eigenvalue weighted by Gasteiger charge is 2.24. The van der Waals surface area contributed by atoms with Gasteiger partial charge in [-0.3, -0.25) is 4.18 Å². The van der Waals surface area contributed by atoms with Crippen LogP contribution in [0, 0.1) is 12.8 Å². The molecular weight excluding hydrogens is 276 g/mol. The molecular formula is C15H22O4S. The van der Waals surface area contributed by atoms with E-state index >= 15 is 0 Å². The van der Waals surface area contributed by atoms with E-state index in [2.05, 4.69) is 0 Å². The fraction of sp³-hybridized carbons (Fsp3) is 0.600. The van der Waals surface area contributed by atoms with Gasteiger partial charge in [-0.15, -0.1) is 0 Å². The molecule has 4 nitrogen and oxygen atoms in total. The Bertz CT molecular complexity index is 521. The quantitative estimate of drug-likeness (QED) is 0.784. The zero-order chi connectivity index (χ0) is 14.6. The first-order chi connectivity index (χ1) is 9.51. The average molecular weight is 298 g/mol. The molecule has 1 fully saturated rings. The van der Waals surface area contributed by atoms with Crippen molar-refractivity contribution in [1.82, 2.24) is 0 Å². The topological polar surface area (TPSA) is 52.6 Å². The van der Waals surface area contributed by atoms with Crippen LogP contribution in [-0.2, 0) is 19.0 Å². The van der Waals surface area contributed by atoms with Crippen LogP contribution in [0.4, 0.5) is 0 Å². The van der Waals surface area contributed by atoms with Gasteiger partial charge < -0.3 is 4.74 Å². The Balaban J connectivity index is 1.94. The Kier molecular flexibility index (Phi) is 5.18. The summed E-state index contributed by atoms with van der Waals surface area (Å²) >= 11 is 0. The van der Waals surface area contributed by atoms with E-state index < -0.39 is 10.1 Å². The molecule has 20 heavy (non-hydrogen) atoms. The molecule has 5 heteroatoms. The highest BCUT2D eigenvalue weighted by atomic mass is 32.2. The molecule has 2 atom stereocenters. The molecule has 0 saturated heterocycles. The molecule has 0 aromatic heterocycles. The molecule has 0 N–H and O–H groups in total. The lowest BCUT2D eigenvalue weighted by Crippen LogP contribution is -2.25. The Morgan fingerprint density at radius 3 is 2.55 bits per heavy atom. The highest BCUT2D eigenvalue weighted by Crippen LogP contribution is 2.27. The molecule has 0 heterocycles. The van der Waals surface area contributed by atoms with Gasteiger partial charge in [0.25, 0.3) is 10.1 Å². The Labute approximate surface area is 121 Å². The van der Waals surface area contributed by atoms with Gasteiger partial charge in [0.2, 0.25) is 0 Å². The predicted molar refractivity (Wildman–Crippen MR) is 77.1 cm³/mol. The highest BCUT2D eigenvalue weighted by molar-refractivity contribution is 7.86. The Hall–Kier alpha value is -0.910. The van der Waals surface area contributed by atoms with Gasteiger partial charge in [-0.05, 0) is 44.2 Å². The maximum absolute atomic E-state index is 12.1. The number of ether oxygens (including phenoxy) is 1. The van der Waals surface area contributed by atoms with Crippen LogP contribution in [0.3, 0.4) is 0 Å². The normalized spacial score (nSPS) is 23.7. The van der Waals surface area contributed by atoms with Crippen LogP contribution in [0.15, 0.2) is 29.2 Å². The molecule has 1 unspecified atom stereocenters. The van der Waals surface area contributed by atoms with Crippen molar-refractivity contribution in [1.29, 1.82) is 0 Å². The van der Waals surface area contributed by atoms with Crippen LogP contribution in [0.2, 0.25) is 0 Å². The zero-order valence-corrected chi connectivity index (χ0v) is 12.9. The molecule has 0 amide bonds. The van der Waals surface area contributed by atoms with E-state index in [9.17, 15) is 8.42 Å². The summed E-state index contributed by atoms with van der Waals surface area (Å²) in [6, 6.07) is 6.72. The van der Waals surface area contributed by atoms with Crippen molar-refractivity contribution in [3.63, 3.8) is 0 Å². The number of methoxy groups -OCH3 is 1. The number of benzene rings is 1. The summed E-state index contributed by atoms with van der Waals surface area (Å²) in [6.07, 6.45) is 4.23. The molecule has 0 aliphatic heterocycles. The standard InChI is InChI=1S/C15H22O4S/c1-12-6-8-15(9-7-12)20(16,17)19-11-13-4-3-5-14(10-13)18-2/h6-9,13-14H,3-5,10-11H2,1-2H3/t13?,14-/m0/s1. The van der Waals surface area contributed by atoms with Gasteiger partial charge in [-0.2, -0.15) is 8.42 Å².